The average molecular weight is 145 g/mol. The fourth-order valence-electron chi connectivity index (χ4n) is 1.23. The molecule has 3 heteroatoms. The van der Waals surface area contributed by atoms with Gasteiger partial charge < -0.3 is 15.6 Å². The van der Waals surface area contributed by atoms with E-state index in [0.717, 1.165) is 6.42 Å². The summed E-state index contributed by atoms with van der Waals surface area (Å²) >= 11 is 0. The summed E-state index contributed by atoms with van der Waals surface area (Å²) in [6.07, 6.45) is 0.276. The van der Waals surface area contributed by atoms with Gasteiger partial charge in [0.1, 0.15) is 0 Å². The summed E-state index contributed by atoms with van der Waals surface area (Å²) in [4.78, 5) is 0. The maximum atomic E-state index is 9.22. The maximum Gasteiger partial charge on any atom is 0.158 e. The number of ether oxygens (including phenoxy) is 1. The Labute approximate surface area is 61.2 Å². The van der Waals surface area contributed by atoms with E-state index in [0.29, 0.717) is 0 Å². The maximum absolute atomic E-state index is 9.22. The van der Waals surface area contributed by atoms with E-state index in [4.69, 9.17) is 10.5 Å². The fraction of sp³-hybridized carbons (Fsp3) is 1.00. The van der Waals surface area contributed by atoms with Gasteiger partial charge in [0.25, 0.3) is 0 Å². The van der Waals surface area contributed by atoms with Crippen molar-refractivity contribution < 1.29 is 9.84 Å². The van der Waals surface area contributed by atoms with Crippen molar-refractivity contribution in [2.45, 2.75) is 38.7 Å². The minimum atomic E-state index is -0.668. The molecule has 0 spiro atoms. The van der Waals surface area contributed by atoms with Crippen LogP contribution in [0.2, 0.25) is 0 Å². The largest absolute Gasteiger partial charge is 0.368 e. The molecular formula is C7H15NO2. The topological polar surface area (TPSA) is 55.5 Å². The van der Waals surface area contributed by atoms with Crippen LogP contribution in [0.3, 0.4) is 0 Å². The Kier molecular flexibility index (Phi) is 2.28. The Morgan fingerprint density at radius 1 is 1.50 bits per heavy atom. The normalized spacial score (nSPS) is 49.2. The van der Waals surface area contributed by atoms with E-state index in [2.05, 4.69) is 0 Å². The van der Waals surface area contributed by atoms with Crippen LogP contribution in [0.25, 0.3) is 0 Å². The molecule has 1 rings (SSSR count). The minimum absolute atomic E-state index is 0.0659. The number of nitrogens with two attached hydrogens (primary N) is 1. The van der Waals surface area contributed by atoms with Crippen molar-refractivity contribution in [3.05, 3.63) is 0 Å². The third-order valence-corrected chi connectivity index (χ3v) is 2.10. The lowest BCUT2D eigenvalue weighted by atomic mass is 9.94. The lowest BCUT2D eigenvalue weighted by Gasteiger charge is -2.34. The molecule has 1 saturated heterocycles. The highest BCUT2D eigenvalue weighted by molar-refractivity contribution is 4.78. The summed E-state index contributed by atoms with van der Waals surface area (Å²) in [6.45, 7) is 3.83. The zero-order valence-electron chi connectivity index (χ0n) is 6.45. The van der Waals surface area contributed by atoms with E-state index in [1.807, 2.05) is 13.8 Å². The van der Waals surface area contributed by atoms with Gasteiger partial charge in [-0.15, -0.1) is 0 Å². The molecule has 1 heterocycles. The molecule has 0 aliphatic carbocycles. The first-order valence-corrected chi connectivity index (χ1v) is 3.70. The standard InChI is InChI=1S/C7H15NO2/c1-4-3-6(8)5(2)7(9)10-4/h4-7,9H,3,8H2,1-2H3/t4-,5-,6+,7-/m1/s1. The molecule has 1 fully saturated rings. The summed E-state index contributed by atoms with van der Waals surface area (Å²) in [5.74, 6) is 0.0659. The van der Waals surface area contributed by atoms with Crippen LogP contribution < -0.4 is 5.73 Å². The molecule has 0 saturated carbocycles. The van der Waals surface area contributed by atoms with Crippen LogP contribution >= 0.6 is 0 Å². The number of rotatable bonds is 0. The van der Waals surface area contributed by atoms with Gasteiger partial charge in [-0.25, -0.2) is 0 Å². The van der Waals surface area contributed by atoms with Crippen molar-refractivity contribution in [2.75, 3.05) is 0 Å². The molecule has 0 unspecified atom stereocenters. The first kappa shape index (κ1) is 7.98. The van der Waals surface area contributed by atoms with Crippen LogP contribution in [0.1, 0.15) is 20.3 Å². The van der Waals surface area contributed by atoms with Gasteiger partial charge in [0, 0.05) is 12.0 Å². The molecule has 0 aromatic rings. The highest BCUT2D eigenvalue weighted by Crippen LogP contribution is 2.21. The van der Waals surface area contributed by atoms with Gasteiger partial charge in [-0.05, 0) is 13.3 Å². The molecule has 0 aromatic carbocycles. The second kappa shape index (κ2) is 2.86. The van der Waals surface area contributed by atoms with Crippen molar-refractivity contribution in [3.63, 3.8) is 0 Å². The molecule has 0 radical (unpaired) electrons. The molecule has 3 nitrogen and oxygen atoms in total. The fourth-order valence-corrected chi connectivity index (χ4v) is 1.23. The summed E-state index contributed by atoms with van der Waals surface area (Å²) in [6, 6.07) is 0.0822. The SMILES string of the molecule is C[C@H]1[C@H](O)O[C@H](C)C[C@@H]1N. The Morgan fingerprint density at radius 3 is 2.60 bits per heavy atom. The lowest BCUT2D eigenvalue weighted by Crippen LogP contribution is -2.46. The lowest BCUT2D eigenvalue weighted by molar-refractivity contribution is -0.189. The Bertz CT molecular complexity index is 106. The van der Waals surface area contributed by atoms with Crippen molar-refractivity contribution >= 4 is 0 Å². The van der Waals surface area contributed by atoms with Crippen LogP contribution in [0.5, 0.6) is 0 Å². The summed E-state index contributed by atoms with van der Waals surface area (Å²) < 4.78 is 5.14. The summed E-state index contributed by atoms with van der Waals surface area (Å²) in [5.41, 5.74) is 5.72. The molecule has 0 bridgehead atoms. The average Bonchev–Trinajstić information content (AvgIpc) is 1.82. The monoisotopic (exact) mass is 145 g/mol. The van der Waals surface area contributed by atoms with Crippen LogP contribution in [0, 0.1) is 5.92 Å². The third-order valence-electron chi connectivity index (χ3n) is 2.10. The third kappa shape index (κ3) is 1.48. The van der Waals surface area contributed by atoms with Gasteiger partial charge in [-0.1, -0.05) is 6.92 Å². The van der Waals surface area contributed by atoms with Gasteiger partial charge in [0.05, 0.1) is 6.10 Å². The van der Waals surface area contributed by atoms with Crippen LogP contribution in [-0.4, -0.2) is 23.5 Å². The van der Waals surface area contributed by atoms with Gasteiger partial charge >= 0.3 is 0 Å². The van der Waals surface area contributed by atoms with E-state index in [1.54, 1.807) is 0 Å². The van der Waals surface area contributed by atoms with Crippen LogP contribution in [-0.2, 0) is 4.74 Å². The number of aliphatic hydroxyl groups is 1. The molecule has 4 atom stereocenters. The van der Waals surface area contributed by atoms with Crippen molar-refractivity contribution in [1.82, 2.24) is 0 Å². The summed E-state index contributed by atoms with van der Waals surface area (Å²) in [5, 5.41) is 9.22. The predicted molar refractivity (Wildman–Crippen MR) is 38.3 cm³/mol. The molecule has 60 valence electrons. The van der Waals surface area contributed by atoms with E-state index >= 15 is 0 Å². The Hall–Kier alpha value is -0.120. The number of hydrogen-bond acceptors (Lipinski definition) is 3. The smallest absolute Gasteiger partial charge is 0.158 e. The number of hydrogen-bond donors (Lipinski definition) is 2. The highest BCUT2D eigenvalue weighted by Gasteiger charge is 2.30. The minimum Gasteiger partial charge on any atom is -0.368 e. The molecule has 10 heavy (non-hydrogen) atoms. The van der Waals surface area contributed by atoms with E-state index < -0.39 is 6.29 Å². The zero-order valence-corrected chi connectivity index (χ0v) is 6.45. The van der Waals surface area contributed by atoms with Crippen molar-refractivity contribution in [2.24, 2.45) is 11.7 Å². The van der Waals surface area contributed by atoms with Crippen LogP contribution in [0.4, 0.5) is 0 Å². The Morgan fingerprint density at radius 2 is 2.10 bits per heavy atom. The molecule has 1 aliphatic heterocycles. The van der Waals surface area contributed by atoms with Gasteiger partial charge in [0.2, 0.25) is 0 Å². The second-order valence-corrected chi connectivity index (χ2v) is 3.10. The quantitative estimate of drug-likeness (QED) is 0.507. The molecule has 1 aliphatic rings. The first-order valence-electron chi connectivity index (χ1n) is 3.70. The molecule has 3 N–H and O–H groups in total. The van der Waals surface area contributed by atoms with Crippen molar-refractivity contribution in [1.29, 1.82) is 0 Å². The number of aliphatic hydroxyl groups excluding tert-OH is 1. The molecule has 0 aromatic heterocycles. The van der Waals surface area contributed by atoms with Crippen LogP contribution in [0.15, 0.2) is 0 Å². The zero-order chi connectivity index (χ0) is 7.72. The summed E-state index contributed by atoms with van der Waals surface area (Å²) in [7, 11) is 0. The highest BCUT2D eigenvalue weighted by atomic mass is 16.6. The van der Waals surface area contributed by atoms with Crippen molar-refractivity contribution in [3.8, 4) is 0 Å². The van der Waals surface area contributed by atoms with Gasteiger partial charge in [-0.3, -0.25) is 0 Å². The van der Waals surface area contributed by atoms with Gasteiger partial charge in [-0.2, -0.15) is 0 Å². The Balaban J connectivity index is 2.49. The first-order chi connectivity index (χ1) is 4.61. The van der Waals surface area contributed by atoms with E-state index in [-0.39, 0.29) is 18.1 Å². The van der Waals surface area contributed by atoms with E-state index in [9.17, 15) is 5.11 Å². The molecule has 0 amide bonds. The van der Waals surface area contributed by atoms with E-state index in [1.165, 1.54) is 0 Å². The second-order valence-electron chi connectivity index (χ2n) is 3.10. The van der Waals surface area contributed by atoms with Gasteiger partial charge in [0.15, 0.2) is 6.29 Å². The predicted octanol–water partition coefficient (Wildman–Crippen LogP) is 0.0770. The molecular weight excluding hydrogens is 130 g/mol.